The van der Waals surface area contributed by atoms with Gasteiger partial charge in [0.25, 0.3) is 0 Å². The summed E-state index contributed by atoms with van der Waals surface area (Å²) in [6, 6.07) is 16.9. The molecule has 1 amide bonds. The van der Waals surface area contributed by atoms with Gasteiger partial charge in [-0.2, -0.15) is 4.98 Å². The van der Waals surface area contributed by atoms with Crippen molar-refractivity contribution in [3.63, 3.8) is 0 Å². The van der Waals surface area contributed by atoms with Crippen LogP contribution in [0.25, 0.3) is 11.4 Å². The number of benzene rings is 2. The van der Waals surface area contributed by atoms with Gasteiger partial charge in [-0.05, 0) is 42.2 Å². The minimum atomic E-state index is -0.318. The molecule has 1 aromatic heterocycles. The Hall–Kier alpha value is -2.66. The van der Waals surface area contributed by atoms with Crippen molar-refractivity contribution in [3.8, 4) is 11.4 Å². The number of rotatable bonds is 8. The molecule has 3 rings (SSSR count). The number of nitrogens with zero attached hydrogens (tertiary/aromatic N) is 2. The fourth-order valence-corrected chi connectivity index (χ4v) is 3.03. The summed E-state index contributed by atoms with van der Waals surface area (Å²) in [5.41, 5.74) is 1.96. The van der Waals surface area contributed by atoms with E-state index in [9.17, 15) is 4.79 Å². The Bertz CT molecular complexity index is 894. The van der Waals surface area contributed by atoms with E-state index in [0.717, 1.165) is 17.5 Å². The molecule has 0 fully saturated rings. The van der Waals surface area contributed by atoms with Gasteiger partial charge in [0.15, 0.2) is 0 Å². The summed E-state index contributed by atoms with van der Waals surface area (Å²) < 4.78 is 5.49. The van der Waals surface area contributed by atoms with Crippen LogP contribution >= 0.6 is 11.6 Å². The van der Waals surface area contributed by atoms with E-state index in [-0.39, 0.29) is 17.9 Å². The van der Waals surface area contributed by atoms with E-state index >= 15 is 0 Å². The third kappa shape index (κ3) is 5.20. The van der Waals surface area contributed by atoms with Crippen LogP contribution in [-0.4, -0.2) is 16.0 Å². The predicted molar refractivity (Wildman–Crippen MR) is 110 cm³/mol. The van der Waals surface area contributed by atoms with Crippen LogP contribution in [0.4, 0.5) is 0 Å². The zero-order valence-corrected chi connectivity index (χ0v) is 16.8. The van der Waals surface area contributed by atoms with Gasteiger partial charge in [-0.3, -0.25) is 4.79 Å². The summed E-state index contributed by atoms with van der Waals surface area (Å²) in [7, 11) is 0. The second-order valence-electron chi connectivity index (χ2n) is 6.88. The second kappa shape index (κ2) is 9.51. The minimum absolute atomic E-state index is 0.0274. The Kier molecular flexibility index (Phi) is 6.82. The molecule has 0 aliphatic rings. The SMILES string of the molecule is CC[C@@H](C)[C@@H](NC(=O)CCc1ccccc1)c1nc(-c2ccc(Cl)cc2)no1. The lowest BCUT2D eigenvalue weighted by atomic mass is 9.98. The van der Waals surface area contributed by atoms with Crippen LogP contribution in [0.15, 0.2) is 59.1 Å². The van der Waals surface area contributed by atoms with E-state index in [1.165, 1.54) is 0 Å². The van der Waals surface area contributed by atoms with E-state index in [1.54, 1.807) is 12.1 Å². The fourth-order valence-electron chi connectivity index (χ4n) is 2.91. The summed E-state index contributed by atoms with van der Waals surface area (Å²) in [6.07, 6.45) is 1.98. The van der Waals surface area contributed by atoms with Crippen LogP contribution < -0.4 is 5.32 Å². The maximum Gasteiger partial charge on any atom is 0.249 e. The molecule has 2 aromatic carbocycles. The number of aromatic nitrogens is 2. The van der Waals surface area contributed by atoms with Gasteiger partial charge >= 0.3 is 0 Å². The third-order valence-electron chi connectivity index (χ3n) is 4.82. The molecule has 0 aliphatic carbocycles. The topological polar surface area (TPSA) is 68.0 Å². The Morgan fingerprint density at radius 1 is 1.14 bits per heavy atom. The van der Waals surface area contributed by atoms with Crippen molar-refractivity contribution in [2.24, 2.45) is 5.92 Å². The molecule has 1 heterocycles. The number of aryl methyl sites for hydroxylation is 1. The molecule has 0 unspecified atom stereocenters. The van der Waals surface area contributed by atoms with Gasteiger partial charge in [-0.25, -0.2) is 0 Å². The summed E-state index contributed by atoms with van der Waals surface area (Å²) in [5.74, 6) is 1.05. The molecule has 0 saturated heterocycles. The maximum atomic E-state index is 12.5. The van der Waals surface area contributed by atoms with E-state index in [1.807, 2.05) is 42.5 Å². The number of carbonyl (C=O) groups is 1. The third-order valence-corrected chi connectivity index (χ3v) is 5.08. The zero-order valence-electron chi connectivity index (χ0n) is 16.1. The highest BCUT2D eigenvalue weighted by Crippen LogP contribution is 2.26. The van der Waals surface area contributed by atoms with E-state index in [2.05, 4.69) is 29.3 Å². The minimum Gasteiger partial charge on any atom is -0.344 e. The molecule has 0 saturated carbocycles. The Labute approximate surface area is 170 Å². The zero-order chi connectivity index (χ0) is 19.9. The van der Waals surface area contributed by atoms with Gasteiger partial charge in [-0.15, -0.1) is 0 Å². The lowest BCUT2D eigenvalue weighted by Gasteiger charge is -2.20. The van der Waals surface area contributed by atoms with Crippen molar-refractivity contribution in [1.82, 2.24) is 15.5 Å². The first-order valence-electron chi connectivity index (χ1n) is 9.49. The molecule has 146 valence electrons. The van der Waals surface area contributed by atoms with Gasteiger partial charge in [0.2, 0.25) is 17.6 Å². The molecule has 5 nitrogen and oxygen atoms in total. The average Bonchev–Trinajstić information content (AvgIpc) is 3.21. The first-order chi connectivity index (χ1) is 13.6. The van der Waals surface area contributed by atoms with Crippen molar-refractivity contribution in [3.05, 3.63) is 71.1 Å². The molecular formula is C22H24ClN3O2. The van der Waals surface area contributed by atoms with Crippen LogP contribution in [0.3, 0.4) is 0 Å². The van der Waals surface area contributed by atoms with Crippen molar-refractivity contribution in [1.29, 1.82) is 0 Å². The maximum absolute atomic E-state index is 12.5. The van der Waals surface area contributed by atoms with Gasteiger partial charge < -0.3 is 9.84 Å². The first-order valence-corrected chi connectivity index (χ1v) is 9.87. The van der Waals surface area contributed by atoms with Crippen LogP contribution in [0, 0.1) is 5.92 Å². The molecule has 6 heteroatoms. The number of hydrogen-bond donors (Lipinski definition) is 1. The predicted octanol–water partition coefficient (Wildman–Crippen LogP) is 5.23. The lowest BCUT2D eigenvalue weighted by molar-refractivity contribution is -0.122. The standard InChI is InChI=1S/C22H24ClN3O2/c1-3-15(2)20(24-19(27)14-9-16-7-5-4-6-8-16)22-25-21(26-28-22)17-10-12-18(23)13-11-17/h4-8,10-13,15,20H,3,9,14H2,1-2H3,(H,24,27)/t15-,20-/m1/s1. The van der Waals surface area contributed by atoms with Gasteiger partial charge in [-0.1, -0.05) is 67.4 Å². The van der Waals surface area contributed by atoms with Gasteiger partial charge in [0.1, 0.15) is 6.04 Å². The van der Waals surface area contributed by atoms with Crippen LogP contribution in [0.1, 0.15) is 44.2 Å². The fraction of sp³-hybridized carbons (Fsp3) is 0.318. The monoisotopic (exact) mass is 397 g/mol. The molecule has 0 radical (unpaired) electrons. The first kappa shape index (κ1) is 20.1. The molecule has 0 aliphatic heterocycles. The molecule has 0 spiro atoms. The summed E-state index contributed by atoms with van der Waals surface area (Å²) in [5, 5.41) is 7.79. The Balaban J connectivity index is 1.70. The summed E-state index contributed by atoms with van der Waals surface area (Å²) >= 11 is 5.93. The normalized spacial score (nSPS) is 13.1. The van der Waals surface area contributed by atoms with Crippen LogP contribution in [-0.2, 0) is 11.2 Å². The van der Waals surface area contributed by atoms with E-state index < -0.39 is 0 Å². The molecular weight excluding hydrogens is 374 g/mol. The highest BCUT2D eigenvalue weighted by Gasteiger charge is 2.26. The van der Waals surface area contributed by atoms with Crippen molar-refractivity contribution >= 4 is 17.5 Å². The molecule has 1 N–H and O–H groups in total. The van der Waals surface area contributed by atoms with Crippen LogP contribution in [0.2, 0.25) is 5.02 Å². The highest BCUT2D eigenvalue weighted by molar-refractivity contribution is 6.30. The quantitative estimate of drug-likeness (QED) is 0.565. The highest BCUT2D eigenvalue weighted by atomic mass is 35.5. The van der Waals surface area contributed by atoms with Crippen molar-refractivity contribution in [2.45, 2.75) is 39.2 Å². The molecule has 0 bridgehead atoms. The summed E-state index contributed by atoms with van der Waals surface area (Å²) in [6.45, 7) is 4.14. The second-order valence-corrected chi connectivity index (χ2v) is 7.32. The number of nitrogens with one attached hydrogen (secondary N) is 1. The number of halogens is 1. The molecule has 2 atom stereocenters. The number of amides is 1. The summed E-state index contributed by atoms with van der Waals surface area (Å²) in [4.78, 5) is 17.0. The average molecular weight is 398 g/mol. The van der Waals surface area contributed by atoms with E-state index in [4.69, 9.17) is 16.1 Å². The van der Waals surface area contributed by atoms with Gasteiger partial charge in [0, 0.05) is 17.0 Å². The van der Waals surface area contributed by atoms with E-state index in [0.29, 0.717) is 29.6 Å². The molecule has 3 aromatic rings. The largest absolute Gasteiger partial charge is 0.344 e. The van der Waals surface area contributed by atoms with Gasteiger partial charge in [0.05, 0.1) is 0 Å². The van der Waals surface area contributed by atoms with Crippen molar-refractivity contribution in [2.75, 3.05) is 0 Å². The lowest BCUT2D eigenvalue weighted by Crippen LogP contribution is -2.32. The van der Waals surface area contributed by atoms with Crippen LogP contribution in [0.5, 0.6) is 0 Å². The number of hydrogen-bond acceptors (Lipinski definition) is 4. The Morgan fingerprint density at radius 3 is 2.54 bits per heavy atom. The Morgan fingerprint density at radius 2 is 1.86 bits per heavy atom. The smallest absolute Gasteiger partial charge is 0.249 e. The number of carbonyl (C=O) groups excluding carboxylic acids is 1. The molecule has 28 heavy (non-hydrogen) atoms. The van der Waals surface area contributed by atoms with Crippen molar-refractivity contribution < 1.29 is 9.32 Å².